The summed E-state index contributed by atoms with van der Waals surface area (Å²) in [6.45, 7) is 0. The summed E-state index contributed by atoms with van der Waals surface area (Å²) in [6.07, 6.45) is 0. The molecule has 2 nitrogen and oxygen atoms in total. The van der Waals surface area contributed by atoms with Crippen molar-refractivity contribution < 1.29 is 0 Å². The average molecular weight is 765 g/mol. The first-order chi connectivity index (χ1) is 29.8. The van der Waals surface area contributed by atoms with Gasteiger partial charge in [-0.2, -0.15) is 0 Å². The largest absolute Gasteiger partial charge is 0.310 e. The van der Waals surface area contributed by atoms with Crippen molar-refractivity contribution in [1.82, 2.24) is 4.57 Å². The molecule has 11 aromatic rings. The Hall–Kier alpha value is -7.94. The van der Waals surface area contributed by atoms with E-state index in [0.29, 0.717) is 0 Å². The van der Waals surface area contributed by atoms with Gasteiger partial charge in [0, 0.05) is 33.4 Å². The third-order valence-electron chi connectivity index (χ3n) is 11.8. The number of rotatable bonds is 8. The van der Waals surface area contributed by atoms with E-state index in [0.717, 1.165) is 28.3 Å². The zero-order valence-corrected chi connectivity index (χ0v) is 33.0. The fourth-order valence-corrected chi connectivity index (χ4v) is 9.02. The molecule has 0 spiro atoms. The fraction of sp³-hybridized carbons (Fsp3) is 0. The van der Waals surface area contributed by atoms with Gasteiger partial charge in [-0.05, 0) is 104 Å². The molecule has 0 N–H and O–H groups in total. The van der Waals surface area contributed by atoms with Gasteiger partial charge in [0.15, 0.2) is 0 Å². The second-order valence-electron chi connectivity index (χ2n) is 15.3. The molecule has 0 unspecified atom stereocenters. The lowest BCUT2D eigenvalue weighted by atomic mass is 9.94. The quantitative estimate of drug-likeness (QED) is 0.150. The Morgan fingerprint density at radius 3 is 1.38 bits per heavy atom. The second kappa shape index (κ2) is 15.1. The predicted molar refractivity (Wildman–Crippen MR) is 255 cm³/mol. The second-order valence-corrected chi connectivity index (χ2v) is 15.3. The van der Waals surface area contributed by atoms with Crippen LogP contribution in [0, 0.1) is 0 Å². The molecule has 0 atom stereocenters. The van der Waals surface area contributed by atoms with Crippen LogP contribution in [0.2, 0.25) is 0 Å². The van der Waals surface area contributed by atoms with Crippen molar-refractivity contribution in [2.45, 2.75) is 0 Å². The van der Waals surface area contributed by atoms with Gasteiger partial charge >= 0.3 is 0 Å². The average Bonchev–Trinajstić information content (AvgIpc) is 3.66. The van der Waals surface area contributed by atoms with Gasteiger partial charge in [-0.1, -0.05) is 188 Å². The highest BCUT2D eigenvalue weighted by Gasteiger charge is 2.18. The number of benzene rings is 10. The van der Waals surface area contributed by atoms with Gasteiger partial charge in [0.05, 0.1) is 16.7 Å². The Kier molecular flexibility index (Phi) is 8.87. The summed E-state index contributed by atoms with van der Waals surface area (Å²) in [5, 5.41) is 5.00. The molecule has 0 radical (unpaired) electrons. The van der Waals surface area contributed by atoms with Gasteiger partial charge < -0.3 is 9.47 Å². The summed E-state index contributed by atoms with van der Waals surface area (Å²) < 4.78 is 2.41. The van der Waals surface area contributed by atoms with Gasteiger partial charge in [0.1, 0.15) is 0 Å². The van der Waals surface area contributed by atoms with Gasteiger partial charge in [-0.25, -0.2) is 0 Å². The fourth-order valence-electron chi connectivity index (χ4n) is 9.02. The van der Waals surface area contributed by atoms with E-state index in [1.165, 1.54) is 71.5 Å². The van der Waals surface area contributed by atoms with E-state index in [1.807, 2.05) is 0 Å². The van der Waals surface area contributed by atoms with E-state index in [9.17, 15) is 0 Å². The topological polar surface area (TPSA) is 8.17 Å². The number of aromatic nitrogens is 1. The van der Waals surface area contributed by atoms with Crippen molar-refractivity contribution >= 4 is 49.6 Å². The van der Waals surface area contributed by atoms with Gasteiger partial charge in [-0.15, -0.1) is 0 Å². The van der Waals surface area contributed by atoms with Crippen molar-refractivity contribution in [2.75, 3.05) is 4.90 Å². The van der Waals surface area contributed by atoms with Crippen molar-refractivity contribution in [1.29, 1.82) is 0 Å². The monoisotopic (exact) mass is 764 g/mol. The highest BCUT2D eigenvalue weighted by atomic mass is 15.1. The van der Waals surface area contributed by atoms with Crippen molar-refractivity contribution in [3.63, 3.8) is 0 Å². The van der Waals surface area contributed by atoms with E-state index in [4.69, 9.17) is 0 Å². The van der Waals surface area contributed by atoms with Crippen LogP contribution in [0.25, 0.3) is 82.8 Å². The SMILES string of the molecule is c1ccc(-c2ccccc2-c2ccc(N(c3ccc(-c4ccccc4-n4c5ccccc5c5ccccc54)cc3)c3cccc(-c4cccc5ccccc45)c3)cc2)cc1. The van der Waals surface area contributed by atoms with Crippen LogP contribution < -0.4 is 4.90 Å². The minimum absolute atomic E-state index is 1.08. The van der Waals surface area contributed by atoms with Crippen LogP contribution in [0.4, 0.5) is 17.1 Å². The van der Waals surface area contributed by atoms with E-state index >= 15 is 0 Å². The minimum atomic E-state index is 1.08. The third-order valence-corrected chi connectivity index (χ3v) is 11.8. The molecule has 0 amide bonds. The maximum Gasteiger partial charge on any atom is 0.0541 e. The van der Waals surface area contributed by atoms with Crippen LogP contribution in [0.5, 0.6) is 0 Å². The number of hydrogen-bond donors (Lipinski definition) is 0. The van der Waals surface area contributed by atoms with Gasteiger partial charge in [-0.3, -0.25) is 0 Å². The molecular formula is C58H40N2. The van der Waals surface area contributed by atoms with Crippen LogP contribution in [-0.2, 0) is 0 Å². The summed E-state index contributed by atoms with van der Waals surface area (Å²) in [5.41, 5.74) is 16.4. The van der Waals surface area contributed by atoms with Crippen molar-refractivity contribution in [3.05, 3.63) is 243 Å². The lowest BCUT2D eigenvalue weighted by Crippen LogP contribution is -2.10. The highest BCUT2D eigenvalue weighted by Crippen LogP contribution is 2.42. The molecule has 0 bridgehead atoms. The van der Waals surface area contributed by atoms with E-state index in [-0.39, 0.29) is 0 Å². The third kappa shape index (κ3) is 6.23. The molecule has 11 rings (SSSR count). The molecule has 0 aliphatic rings. The Labute approximate surface area is 350 Å². The van der Waals surface area contributed by atoms with E-state index < -0.39 is 0 Å². The standard InChI is InChI=1S/C58H40N2/c1-2-16-41(17-3-1)49-23-6-7-24-51(49)43-32-36-46(37-33-43)59(48-21-14-20-45(40-48)52-28-15-19-42-18-4-5-22-50(42)52)47-38-34-44(35-39-47)53-25-8-11-29-56(53)60-57-30-12-9-26-54(57)55-27-10-13-31-58(55)60/h1-40H. The summed E-state index contributed by atoms with van der Waals surface area (Å²) >= 11 is 0. The van der Waals surface area contributed by atoms with Crippen LogP contribution in [0.1, 0.15) is 0 Å². The smallest absolute Gasteiger partial charge is 0.0541 e. The summed E-state index contributed by atoms with van der Waals surface area (Å²) in [6, 6.07) is 87.8. The van der Waals surface area contributed by atoms with Crippen molar-refractivity contribution in [2.24, 2.45) is 0 Å². The summed E-state index contributed by atoms with van der Waals surface area (Å²) in [4.78, 5) is 2.38. The van der Waals surface area contributed by atoms with Gasteiger partial charge in [0.2, 0.25) is 0 Å². The number of anilines is 3. The zero-order chi connectivity index (χ0) is 39.8. The molecular weight excluding hydrogens is 725 g/mol. The first-order valence-corrected chi connectivity index (χ1v) is 20.6. The predicted octanol–water partition coefficient (Wildman–Crippen LogP) is 16.1. The number of nitrogens with zero attached hydrogens (tertiary/aromatic N) is 2. The molecule has 282 valence electrons. The number of para-hydroxylation sites is 3. The Morgan fingerprint density at radius 1 is 0.267 bits per heavy atom. The van der Waals surface area contributed by atoms with Crippen LogP contribution in [0.3, 0.4) is 0 Å². The molecule has 1 heterocycles. The molecule has 0 saturated carbocycles. The maximum atomic E-state index is 2.41. The molecule has 0 fully saturated rings. The Bertz CT molecular complexity index is 3240. The van der Waals surface area contributed by atoms with E-state index in [2.05, 4.69) is 252 Å². The lowest BCUT2D eigenvalue weighted by molar-refractivity contribution is 1.18. The summed E-state index contributed by atoms with van der Waals surface area (Å²) in [7, 11) is 0. The molecule has 0 saturated heterocycles. The molecule has 0 aliphatic carbocycles. The summed E-state index contributed by atoms with van der Waals surface area (Å²) in [5.74, 6) is 0. The Morgan fingerprint density at radius 2 is 0.717 bits per heavy atom. The molecule has 0 aliphatic heterocycles. The molecule has 1 aromatic heterocycles. The van der Waals surface area contributed by atoms with E-state index in [1.54, 1.807) is 0 Å². The van der Waals surface area contributed by atoms with Crippen molar-refractivity contribution in [3.8, 4) is 50.2 Å². The van der Waals surface area contributed by atoms with Crippen LogP contribution in [0.15, 0.2) is 243 Å². The minimum Gasteiger partial charge on any atom is -0.310 e. The zero-order valence-electron chi connectivity index (χ0n) is 33.0. The molecule has 10 aromatic carbocycles. The van der Waals surface area contributed by atoms with Gasteiger partial charge in [0.25, 0.3) is 0 Å². The molecule has 60 heavy (non-hydrogen) atoms. The first-order valence-electron chi connectivity index (χ1n) is 20.6. The number of fused-ring (bicyclic) bond motifs is 4. The molecule has 2 heteroatoms. The normalized spacial score (nSPS) is 11.3. The highest BCUT2D eigenvalue weighted by molar-refractivity contribution is 6.09. The Balaban J connectivity index is 1.03. The van der Waals surface area contributed by atoms with Crippen LogP contribution in [-0.4, -0.2) is 4.57 Å². The van der Waals surface area contributed by atoms with Crippen LogP contribution >= 0.6 is 0 Å². The number of hydrogen-bond acceptors (Lipinski definition) is 1. The maximum absolute atomic E-state index is 2.41. The first kappa shape index (κ1) is 35.2. The lowest BCUT2D eigenvalue weighted by Gasteiger charge is -2.27.